The van der Waals surface area contributed by atoms with Crippen molar-refractivity contribution in [3.8, 4) is 0 Å². The highest BCUT2D eigenvalue weighted by atomic mass is 19.1. The van der Waals surface area contributed by atoms with Gasteiger partial charge in [-0.25, -0.2) is 4.39 Å². The van der Waals surface area contributed by atoms with E-state index < -0.39 is 0 Å². The highest BCUT2D eigenvalue weighted by Crippen LogP contribution is 2.16. The number of hydrogen-bond acceptors (Lipinski definition) is 3. The van der Waals surface area contributed by atoms with Crippen molar-refractivity contribution in [1.82, 2.24) is 4.98 Å². The number of rotatable bonds is 2. The van der Waals surface area contributed by atoms with Crippen LogP contribution in [0.2, 0.25) is 0 Å². The van der Waals surface area contributed by atoms with Gasteiger partial charge in [0, 0.05) is 11.8 Å². The molecule has 1 aromatic carbocycles. The first-order valence-electron chi connectivity index (χ1n) is 5.11. The normalized spacial score (nSPS) is 10.2. The van der Waals surface area contributed by atoms with Crippen LogP contribution >= 0.6 is 0 Å². The maximum absolute atomic E-state index is 13.1. The van der Waals surface area contributed by atoms with Crippen molar-refractivity contribution in [2.24, 2.45) is 0 Å². The zero-order chi connectivity index (χ0) is 12.4. The van der Waals surface area contributed by atoms with Crippen LogP contribution in [0.1, 0.15) is 21.6 Å². The lowest BCUT2D eigenvalue weighted by atomic mass is 10.0. The van der Waals surface area contributed by atoms with Gasteiger partial charge in [-0.15, -0.1) is 0 Å². The van der Waals surface area contributed by atoms with Crippen molar-refractivity contribution in [2.75, 3.05) is 5.73 Å². The molecule has 1 aromatic heterocycles. The van der Waals surface area contributed by atoms with Gasteiger partial charge < -0.3 is 5.73 Å². The molecule has 17 heavy (non-hydrogen) atoms. The second-order valence-electron chi connectivity index (χ2n) is 3.73. The number of pyridine rings is 1. The van der Waals surface area contributed by atoms with E-state index in [0.717, 1.165) is 0 Å². The molecule has 2 aromatic rings. The lowest BCUT2D eigenvalue weighted by Gasteiger charge is -2.04. The zero-order valence-electron chi connectivity index (χ0n) is 9.27. The molecule has 0 spiro atoms. The second-order valence-corrected chi connectivity index (χ2v) is 3.73. The van der Waals surface area contributed by atoms with Crippen molar-refractivity contribution in [3.05, 3.63) is 59.2 Å². The van der Waals surface area contributed by atoms with Gasteiger partial charge in [-0.05, 0) is 42.8 Å². The number of ketones is 1. The molecule has 1 heterocycles. The Morgan fingerprint density at radius 3 is 2.76 bits per heavy atom. The van der Waals surface area contributed by atoms with E-state index in [4.69, 9.17) is 5.73 Å². The Kier molecular flexibility index (Phi) is 2.87. The number of nitrogens with zero attached hydrogens (tertiary/aromatic N) is 1. The van der Waals surface area contributed by atoms with E-state index in [1.807, 2.05) is 0 Å². The van der Waals surface area contributed by atoms with Crippen LogP contribution in [0.5, 0.6) is 0 Å². The zero-order valence-corrected chi connectivity index (χ0v) is 9.27. The highest BCUT2D eigenvalue weighted by molar-refractivity contribution is 6.10. The summed E-state index contributed by atoms with van der Waals surface area (Å²) >= 11 is 0. The molecule has 2 N–H and O–H groups in total. The Hall–Kier alpha value is -2.23. The summed E-state index contributed by atoms with van der Waals surface area (Å²) in [7, 11) is 0. The Morgan fingerprint density at radius 2 is 2.12 bits per heavy atom. The van der Waals surface area contributed by atoms with E-state index in [1.54, 1.807) is 19.1 Å². The van der Waals surface area contributed by atoms with Crippen LogP contribution in [0.25, 0.3) is 0 Å². The summed E-state index contributed by atoms with van der Waals surface area (Å²) < 4.78 is 13.1. The number of aromatic nitrogens is 1. The Morgan fingerprint density at radius 1 is 1.35 bits per heavy atom. The van der Waals surface area contributed by atoms with E-state index in [-0.39, 0.29) is 17.3 Å². The van der Waals surface area contributed by atoms with Crippen molar-refractivity contribution in [2.45, 2.75) is 6.92 Å². The third-order valence-corrected chi connectivity index (χ3v) is 2.47. The number of anilines is 1. The Labute approximate surface area is 98.1 Å². The fourth-order valence-corrected chi connectivity index (χ4v) is 1.53. The van der Waals surface area contributed by atoms with Gasteiger partial charge in [0.1, 0.15) is 11.5 Å². The summed E-state index contributed by atoms with van der Waals surface area (Å²) in [5.74, 6) is -0.637. The first kappa shape index (κ1) is 11.3. The molecule has 0 aliphatic carbocycles. The summed E-state index contributed by atoms with van der Waals surface area (Å²) in [5.41, 5.74) is 6.99. The van der Waals surface area contributed by atoms with Crippen molar-refractivity contribution >= 4 is 11.5 Å². The number of hydrogen-bond donors (Lipinski definition) is 1. The first-order valence-corrected chi connectivity index (χ1v) is 5.11. The van der Waals surface area contributed by atoms with E-state index >= 15 is 0 Å². The van der Waals surface area contributed by atoms with Gasteiger partial charge in [-0.3, -0.25) is 9.78 Å². The van der Waals surface area contributed by atoms with Crippen LogP contribution in [0.15, 0.2) is 36.5 Å². The third kappa shape index (κ3) is 2.15. The summed E-state index contributed by atoms with van der Waals surface area (Å²) in [5, 5.41) is 0. The number of nitrogen functional groups attached to an aromatic ring is 1. The fourth-order valence-electron chi connectivity index (χ4n) is 1.53. The summed E-state index contributed by atoms with van der Waals surface area (Å²) in [6.07, 6.45) is 1.50. The Balaban J connectivity index is 2.44. The minimum Gasteiger partial charge on any atom is -0.397 e. The molecule has 0 fully saturated rings. The molecule has 4 heteroatoms. The lowest BCUT2D eigenvalue weighted by molar-refractivity contribution is 0.103. The SMILES string of the molecule is Cc1cc(C(=O)c2ncccc2N)ccc1F. The summed E-state index contributed by atoms with van der Waals surface area (Å²) in [6.45, 7) is 1.61. The van der Waals surface area contributed by atoms with Gasteiger partial charge in [0.15, 0.2) is 0 Å². The van der Waals surface area contributed by atoms with Crippen LogP contribution in [0.4, 0.5) is 10.1 Å². The molecule has 0 aliphatic rings. The molecule has 0 unspecified atom stereocenters. The van der Waals surface area contributed by atoms with Crippen LogP contribution in [0, 0.1) is 12.7 Å². The predicted octanol–water partition coefficient (Wildman–Crippen LogP) is 2.34. The molecule has 2 rings (SSSR count). The highest BCUT2D eigenvalue weighted by Gasteiger charge is 2.14. The monoisotopic (exact) mass is 230 g/mol. The quantitative estimate of drug-likeness (QED) is 0.805. The van der Waals surface area contributed by atoms with Crippen LogP contribution in [-0.4, -0.2) is 10.8 Å². The molecule has 0 radical (unpaired) electrons. The van der Waals surface area contributed by atoms with E-state index in [2.05, 4.69) is 4.98 Å². The number of halogens is 1. The average molecular weight is 230 g/mol. The molecule has 0 aliphatic heterocycles. The first-order chi connectivity index (χ1) is 8.09. The maximum atomic E-state index is 13.1. The van der Waals surface area contributed by atoms with Gasteiger partial charge in [-0.1, -0.05) is 0 Å². The van der Waals surface area contributed by atoms with Crippen LogP contribution in [-0.2, 0) is 0 Å². The number of aryl methyl sites for hydroxylation is 1. The van der Waals surface area contributed by atoms with Crippen LogP contribution < -0.4 is 5.73 Å². The summed E-state index contributed by atoms with van der Waals surface area (Å²) in [4.78, 5) is 16.0. The minimum absolute atomic E-state index is 0.193. The Bertz CT molecular complexity index is 581. The minimum atomic E-state index is -0.337. The molecule has 86 valence electrons. The van der Waals surface area contributed by atoms with Gasteiger partial charge in [0.2, 0.25) is 5.78 Å². The van der Waals surface area contributed by atoms with E-state index in [1.165, 1.54) is 24.4 Å². The molecule has 0 saturated heterocycles. The predicted molar refractivity (Wildman–Crippen MR) is 63.2 cm³/mol. The smallest absolute Gasteiger partial charge is 0.213 e. The van der Waals surface area contributed by atoms with E-state index in [9.17, 15) is 9.18 Å². The van der Waals surface area contributed by atoms with Gasteiger partial charge in [0.05, 0.1) is 5.69 Å². The lowest BCUT2D eigenvalue weighted by Crippen LogP contribution is -2.08. The molecular weight excluding hydrogens is 219 g/mol. The largest absolute Gasteiger partial charge is 0.397 e. The van der Waals surface area contributed by atoms with Crippen molar-refractivity contribution in [3.63, 3.8) is 0 Å². The summed E-state index contributed by atoms with van der Waals surface area (Å²) in [6, 6.07) is 7.45. The van der Waals surface area contributed by atoms with Gasteiger partial charge in [-0.2, -0.15) is 0 Å². The second kappa shape index (κ2) is 4.33. The number of carbonyl (C=O) groups is 1. The number of benzene rings is 1. The van der Waals surface area contributed by atoms with Crippen molar-refractivity contribution < 1.29 is 9.18 Å². The number of carbonyl (C=O) groups excluding carboxylic acids is 1. The third-order valence-electron chi connectivity index (χ3n) is 2.47. The molecule has 0 amide bonds. The molecular formula is C13H11FN2O. The topological polar surface area (TPSA) is 56.0 Å². The molecule has 3 nitrogen and oxygen atoms in total. The molecule has 0 saturated carbocycles. The van der Waals surface area contributed by atoms with Gasteiger partial charge in [0.25, 0.3) is 0 Å². The van der Waals surface area contributed by atoms with Crippen LogP contribution in [0.3, 0.4) is 0 Å². The van der Waals surface area contributed by atoms with E-state index in [0.29, 0.717) is 16.8 Å². The molecule has 0 bridgehead atoms. The molecule has 0 atom stereocenters. The van der Waals surface area contributed by atoms with Crippen molar-refractivity contribution in [1.29, 1.82) is 0 Å². The standard InChI is InChI=1S/C13H11FN2O/c1-8-7-9(4-5-10(8)14)13(17)12-11(15)3-2-6-16-12/h2-7H,15H2,1H3. The van der Waals surface area contributed by atoms with Gasteiger partial charge >= 0.3 is 0 Å². The number of nitrogens with two attached hydrogens (primary N) is 1. The average Bonchev–Trinajstić information content (AvgIpc) is 2.32. The fraction of sp³-hybridized carbons (Fsp3) is 0.0769. The maximum Gasteiger partial charge on any atom is 0.213 e.